The molecule has 0 spiro atoms. The molecular weight excluding hydrogens is 334 g/mol. The molecule has 0 unspecified atom stereocenters. The molecule has 2 fully saturated rings. The number of anilines is 1. The molecule has 8 nitrogen and oxygen atoms in total. The number of amides is 2. The lowest BCUT2D eigenvalue weighted by Gasteiger charge is -2.34. The molecule has 2 aromatic heterocycles. The van der Waals surface area contributed by atoms with Crippen LogP contribution in [0.15, 0.2) is 28.9 Å². The van der Waals surface area contributed by atoms with Crippen LogP contribution < -0.4 is 10.2 Å². The zero-order valence-corrected chi connectivity index (χ0v) is 14.6. The van der Waals surface area contributed by atoms with Crippen molar-refractivity contribution in [3.8, 4) is 0 Å². The third kappa shape index (κ3) is 3.54. The van der Waals surface area contributed by atoms with Crippen molar-refractivity contribution in [2.24, 2.45) is 0 Å². The fraction of sp³-hybridized carbons (Fsp3) is 0.444. The number of furan rings is 1. The molecule has 8 heteroatoms. The lowest BCUT2D eigenvalue weighted by molar-refractivity contribution is 0.0714. The highest BCUT2D eigenvalue weighted by Crippen LogP contribution is 2.20. The van der Waals surface area contributed by atoms with Crippen molar-refractivity contribution in [3.05, 3.63) is 41.6 Å². The van der Waals surface area contributed by atoms with E-state index < -0.39 is 0 Å². The Balaban J connectivity index is 1.43. The summed E-state index contributed by atoms with van der Waals surface area (Å²) in [5, 5.41) is 2.95. The number of rotatable bonds is 4. The Labute approximate surface area is 151 Å². The summed E-state index contributed by atoms with van der Waals surface area (Å²) in [5.74, 6) is 0.635. The van der Waals surface area contributed by atoms with Crippen molar-refractivity contribution in [2.45, 2.75) is 25.8 Å². The number of aromatic nitrogens is 2. The van der Waals surface area contributed by atoms with Gasteiger partial charge in [0.25, 0.3) is 11.8 Å². The number of piperazine rings is 1. The Bertz CT molecular complexity index is 808. The summed E-state index contributed by atoms with van der Waals surface area (Å²) < 4.78 is 5.18. The zero-order valence-electron chi connectivity index (χ0n) is 14.6. The summed E-state index contributed by atoms with van der Waals surface area (Å²) in [4.78, 5) is 37.3. The summed E-state index contributed by atoms with van der Waals surface area (Å²) in [5.41, 5.74) is 1.15. The number of aryl methyl sites for hydroxylation is 1. The average Bonchev–Trinajstić information content (AvgIpc) is 3.29. The Morgan fingerprint density at radius 2 is 1.96 bits per heavy atom. The van der Waals surface area contributed by atoms with Gasteiger partial charge in [0, 0.05) is 37.9 Å². The fourth-order valence-corrected chi connectivity index (χ4v) is 2.96. The minimum atomic E-state index is -0.147. The van der Waals surface area contributed by atoms with E-state index in [9.17, 15) is 9.59 Å². The molecule has 0 atom stereocenters. The van der Waals surface area contributed by atoms with Crippen LogP contribution in [0.25, 0.3) is 0 Å². The maximum Gasteiger partial charge on any atom is 0.289 e. The van der Waals surface area contributed by atoms with Crippen LogP contribution in [0.3, 0.4) is 0 Å². The minimum Gasteiger partial charge on any atom is -0.459 e. The first kappa shape index (κ1) is 16.6. The molecule has 0 radical (unpaired) electrons. The van der Waals surface area contributed by atoms with Crippen molar-refractivity contribution < 1.29 is 14.0 Å². The van der Waals surface area contributed by atoms with Crippen molar-refractivity contribution >= 4 is 17.8 Å². The van der Waals surface area contributed by atoms with E-state index in [1.807, 2.05) is 11.8 Å². The smallest absolute Gasteiger partial charge is 0.289 e. The topological polar surface area (TPSA) is 91.6 Å². The van der Waals surface area contributed by atoms with Gasteiger partial charge < -0.3 is 19.5 Å². The van der Waals surface area contributed by atoms with Crippen molar-refractivity contribution in [1.82, 2.24) is 20.2 Å². The van der Waals surface area contributed by atoms with E-state index in [4.69, 9.17) is 4.42 Å². The van der Waals surface area contributed by atoms with Gasteiger partial charge in [-0.2, -0.15) is 0 Å². The Morgan fingerprint density at radius 3 is 2.62 bits per heavy atom. The summed E-state index contributed by atoms with van der Waals surface area (Å²) in [7, 11) is 0. The number of hydrogen-bond acceptors (Lipinski definition) is 6. The predicted octanol–water partition coefficient (Wildman–Crippen LogP) is 1.23. The summed E-state index contributed by atoms with van der Waals surface area (Å²) in [6.07, 6.45) is 3.57. The maximum atomic E-state index is 12.3. The van der Waals surface area contributed by atoms with E-state index in [0.717, 1.165) is 18.5 Å². The molecule has 0 aromatic carbocycles. The van der Waals surface area contributed by atoms with Crippen LogP contribution in [0.1, 0.15) is 39.6 Å². The van der Waals surface area contributed by atoms with Crippen molar-refractivity contribution in [1.29, 1.82) is 0 Å². The lowest BCUT2D eigenvalue weighted by Crippen LogP contribution is -2.49. The first-order valence-electron chi connectivity index (χ1n) is 8.84. The van der Waals surface area contributed by atoms with E-state index in [2.05, 4.69) is 15.3 Å². The van der Waals surface area contributed by atoms with E-state index in [1.54, 1.807) is 23.1 Å². The highest BCUT2D eigenvalue weighted by atomic mass is 16.3. The van der Waals surface area contributed by atoms with Gasteiger partial charge in [0.05, 0.1) is 6.26 Å². The highest BCUT2D eigenvalue weighted by Gasteiger charge is 2.27. The molecule has 2 amide bonds. The van der Waals surface area contributed by atoms with Crippen molar-refractivity contribution in [3.63, 3.8) is 0 Å². The van der Waals surface area contributed by atoms with Crippen LogP contribution in [0.5, 0.6) is 0 Å². The summed E-state index contributed by atoms with van der Waals surface area (Å²) >= 11 is 0. The number of hydrogen-bond donors (Lipinski definition) is 1. The molecule has 1 aliphatic carbocycles. The molecule has 0 bridgehead atoms. The molecular formula is C18H21N5O3. The second-order valence-electron chi connectivity index (χ2n) is 6.70. The Hall–Kier alpha value is -2.90. The number of carbonyl (C=O) groups excluding carboxylic acids is 2. The average molecular weight is 355 g/mol. The van der Waals surface area contributed by atoms with Gasteiger partial charge in [-0.15, -0.1) is 0 Å². The SMILES string of the molecule is Cc1cc(C(=O)NC2CC2)nc(N2CCN(C(=O)c3ccco3)CC2)n1. The minimum absolute atomic E-state index is 0.107. The molecule has 1 saturated heterocycles. The molecule has 136 valence electrons. The van der Waals surface area contributed by atoms with Crippen LogP contribution in [-0.2, 0) is 0 Å². The Morgan fingerprint density at radius 1 is 1.19 bits per heavy atom. The van der Waals surface area contributed by atoms with Gasteiger partial charge in [-0.05, 0) is 38.0 Å². The first-order chi connectivity index (χ1) is 12.6. The first-order valence-corrected chi connectivity index (χ1v) is 8.84. The van der Waals surface area contributed by atoms with Gasteiger partial charge in [0.15, 0.2) is 5.76 Å². The molecule has 26 heavy (non-hydrogen) atoms. The number of carbonyl (C=O) groups is 2. The normalized spacial score (nSPS) is 17.3. The summed E-state index contributed by atoms with van der Waals surface area (Å²) in [6, 6.07) is 5.37. The highest BCUT2D eigenvalue weighted by molar-refractivity contribution is 5.93. The van der Waals surface area contributed by atoms with Crippen LogP contribution in [-0.4, -0.2) is 58.9 Å². The predicted molar refractivity (Wildman–Crippen MR) is 94.1 cm³/mol. The van der Waals surface area contributed by atoms with Crippen molar-refractivity contribution in [2.75, 3.05) is 31.1 Å². The second-order valence-corrected chi connectivity index (χ2v) is 6.70. The van der Waals surface area contributed by atoms with E-state index in [1.165, 1.54) is 6.26 Å². The monoisotopic (exact) mass is 355 g/mol. The Kier molecular flexibility index (Phi) is 4.32. The van der Waals surface area contributed by atoms with Gasteiger partial charge in [-0.25, -0.2) is 9.97 Å². The van der Waals surface area contributed by atoms with E-state index in [-0.39, 0.29) is 17.9 Å². The molecule has 3 heterocycles. The standard InChI is InChI=1S/C18H21N5O3/c1-12-11-14(16(24)20-13-4-5-13)21-18(19-12)23-8-6-22(7-9-23)17(25)15-3-2-10-26-15/h2-3,10-11,13H,4-9H2,1H3,(H,20,24). The van der Waals surface area contributed by atoms with Crippen LogP contribution in [0.4, 0.5) is 5.95 Å². The molecule has 2 aromatic rings. The van der Waals surface area contributed by atoms with Gasteiger partial charge in [-0.1, -0.05) is 0 Å². The van der Waals surface area contributed by atoms with Gasteiger partial charge >= 0.3 is 0 Å². The van der Waals surface area contributed by atoms with E-state index in [0.29, 0.717) is 43.6 Å². The molecule has 1 N–H and O–H groups in total. The number of nitrogens with one attached hydrogen (secondary N) is 1. The van der Waals surface area contributed by atoms with E-state index >= 15 is 0 Å². The number of nitrogens with zero attached hydrogens (tertiary/aromatic N) is 4. The molecule has 1 saturated carbocycles. The van der Waals surface area contributed by atoms with Gasteiger partial charge in [0.2, 0.25) is 5.95 Å². The van der Waals surface area contributed by atoms with Crippen LogP contribution in [0.2, 0.25) is 0 Å². The molecule has 2 aliphatic rings. The quantitative estimate of drug-likeness (QED) is 0.887. The van der Waals surface area contributed by atoms with Crippen LogP contribution in [0, 0.1) is 6.92 Å². The third-order valence-electron chi connectivity index (χ3n) is 4.57. The summed E-state index contributed by atoms with van der Waals surface area (Å²) in [6.45, 7) is 4.19. The van der Waals surface area contributed by atoms with Gasteiger partial charge in [-0.3, -0.25) is 9.59 Å². The van der Waals surface area contributed by atoms with Gasteiger partial charge in [0.1, 0.15) is 5.69 Å². The molecule has 4 rings (SSSR count). The zero-order chi connectivity index (χ0) is 18.1. The third-order valence-corrected chi connectivity index (χ3v) is 4.57. The lowest BCUT2D eigenvalue weighted by atomic mass is 10.3. The molecule has 1 aliphatic heterocycles. The maximum absolute atomic E-state index is 12.3. The second kappa shape index (κ2) is 6.78. The largest absolute Gasteiger partial charge is 0.459 e. The fourth-order valence-electron chi connectivity index (χ4n) is 2.96. The van der Waals surface area contributed by atoms with Crippen LogP contribution >= 0.6 is 0 Å².